The van der Waals surface area contributed by atoms with E-state index in [1.54, 1.807) is 0 Å². The van der Waals surface area contributed by atoms with Crippen LogP contribution in [0.5, 0.6) is 0 Å². The first kappa shape index (κ1) is 13.2. The van der Waals surface area contributed by atoms with Crippen LogP contribution in [0.25, 0.3) is 27.8 Å². The Kier molecular flexibility index (Phi) is 3.01. The molecule has 3 aromatic heterocycles. The molecule has 0 fully saturated rings. The van der Waals surface area contributed by atoms with E-state index >= 15 is 0 Å². The standard InChI is InChI=1S/C18H14ClN3/c1-12-2-3-14(19)10-16(12)13-6-9-22(11-13)17-5-8-21-18-15(17)4-7-20-18/h2-11H,1H3,(H,20,21). The molecule has 1 N–H and O–H groups in total. The normalized spacial score (nSPS) is 11.2. The third-order valence-electron chi connectivity index (χ3n) is 3.92. The Morgan fingerprint density at radius 2 is 2.05 bits per heavy atom. The lowest BCUT2D eigenvalue weighted by molar-refractivity contribution is 1.09. The third kappa shape index (κ3) is 2.11. The summed E-state index contributed by atoms with van der Waals surface area (Å²) in [4.78, 5) is 7.47. The fraction of sp³-hybridized carbons (Fsp3) is 0.0556. The zero-order valence-electron chi connectivity index (χ0n) is 12.0. The second-order valence-electron chi connectivity index (χ2n) is 5.34. The largest absolute Gasteiger partial charge is 0.346 e. The lowest BCUT2D eigenvalue weighted by atomic mass is 10.0. The van der Waals surface area contributed by atoms with Crippen LogP contribution in [0.15, 0.2) is 61.2 Å². The topological polar surface area (TPSA) is 33.6 Å². The van der Waals surface area contributed by atoms with E-state index in [-0.39, 0.29) is 0 Å². The summed E-state index contributed by atoms with van der Waals surface area (Å²) >= 11 is 6.13. The first-order chi connectivity index (χ1) is 10.7. The summed E-state index contributed by atoms with van der Waals surface area (Å²) in [6, 6.07) is 12.1. The molecule has 0 bridgehead atoms. The smallest absolute Gasteiger partial charge is 0.139 e. The second-order valence-corrected chi connectivity index (χ2v) is 5.77. The van der Waals surface area contributed by atoms with Crippen LogP contribution < -0.4 is 0 Å². The van der Waals surface area contributed by atoms with Crippen LogP contribution in [-0.4, -0.2) is 14.5 Å². The van der Waals surface area contributed by atoms with Crippen molar-refractivity contribution in [1.29, 1.82) is 0 Å². The Hall–Kier alpha value is -2.52. The van der Waals surface area contributed by atoms with Gasteiger partial charge in [0, 0.05) is 40.8 Å². The lowest BCUT2D eigenvalue weighted by Gasteiger charge is -2.06. The average molecular weight is 308 g/mol. The molecular weight excluding hydrogens is 294 g/mol. The molecule has 108 valence electrons. The van der Waals surface area contributed by atoms with E-state index in [1.807, 2.05) is 42.7 Å². The predicted octanol–water partition coefficient (Wildman–Crippen LogP) is 4.98. The molecule has 0 aliphatic carbocycles. The van der Waals surface area contributed by atoms with Crippen LogP contribution in [0.4, 0.5) is 0 Å². The van der Waals surface area contributed by atoms with Gasteiger partial charge in [-0.25, -0.2) is 4.98 Å². The van der Waals surface area contributed by atoms with Gasteiger partial charge in [-0.3, -0.25) is 0 Å². The summed E-state index contributed by atoms with van der Waals surface area (Å²) < 4.78 is 2.12. The number of H-pyrrole nitrogens is 1. The fourth-order valence-corrected chi connectivity index (χ4v) is 2.95. The van der Waals surface area contributed by atoms with Crippen molar-refractivity contribution in [1.82, 2.24) is 14.5 Å². The number of hydrogen-bond donors (Lipinski definition) is 1. The average Bonchev–Trinajstić information content (AvgIpc) is 3.17. The Morgan fingerprint density at radius 1 is 1.14 bits per heavy atom. The molecule has 22 heavy (non-hydrogen) atoms. The highest BCUT2D eigenvalue weighted by molar-refractivity contribution is 6.30. The maximum atomic E-state index is 6.13. The molecule has 0 saturated carbocycles. The molecule has 4 heteroatoms. The number of halogens is 1. The van der Waals surface area contributed by atoms with Crippen molar-refractivity contribution < 1.29 is 0 Å². The van der Waals surface area contributed by atoms with E-state index in [9.17, 15) is 0 Å². The molecule has 0 saturated heterocycles. The number of benzene rings is 1. The summed E-state index contributed by atoms with van der Waals surface area (Å²) in [5.41, 5.74) is 5.53. The second kappa shape index (κ2) is 5.04. The number of aryl methyl sites for hydroxylation is 1. The van der Waals surface area contributed by atoms with Crippen LogP contribution in [0.2, 0.25) is 5.02 Å². The molecule has 3 nitrogen and oxygen atoms in total. The zero-order chi connectivity index (χ0) is 15.1. The fourth-order valence-electron chi connectivity index (χ4n) is 2.78. The number of aromatic amines is 1. The maximum absolute atomic E-state index is 6.13. The summed E-state index contributed by atoms with van der Waals surface area (Å²) in [5.74, 6) is 0. The molecular formula is C18H14ClN3. The van der Waals surface area contributed by atoms with Gasteiger partial charge < -0.3 is 9.55 Å². The number of nitrogens with one attached hydrogen (secondary N) is 1. The Morgan fingerprint density at radius 3 is 2.95 bits per heavy atom. The highest BCUT2D eigenvalue weighted by Gasteiger charge is 2.08. The SMILES string of the molecule is Cc1ccc(Cl)cc1-c1ccn(-c2ccnc3[nH]ccc23)c1. The van der Waals surface area contributed by atoms with Gasteiger partial charge in [0.1, 0.15) is 5.65 Å². The number of nitrogens with zero attached hydrogens (tertiary/aromatic N) is 2. The van der Waals surface area contributed by atoms with Crippen LogP contribution in [0.3, 0.4) is 0 Å². The molecule has 0 atom stereocenters. The monoisotopic (exact) mass is 307 g/mol. The minimum absolute atomic E-state index is 0.755. The van der Waals surface area contributed by atoms with Crippen molar-refractivity contribution in [3.63, 3.8) is 0 Å². The first-order valence-electron chi connectivity index (χ1n) is 7.09. The van der Waals surface area contributed by atoms with E-state index in [2.05, 4.69) is 39.9 Å². The quantitative estimate of drug-likeness (QED) is 0.556. The number of fused-ring (bicyclic) bond motifs is 1. The van der Waals surface area contributed by atoms with Crippen molar-refractivity contribution in [3.05, 3.63) is 71.8 Å². The van der Waals surface area contributed by atoms with Crippen LogP contribution >= 0.6 is 11.6 Å². The minimum atomic E-state index is 0.755. The number of rotatable bonds is 2. The summed E-state index contributed by atoms with van der Waals surface area (Å²) in [6.45, 7) is 2.10. The van der Waals surface area contributed by atoms with Crippen molar-refractivity contribution in [3.8, 4) is 16.8 Å². The van der Waals surface area contributed by atoms with Crippen molar-refractivity contribution in [2.24, 2.45) is 0 Å². The van der Waals surface area contributed by atoms with E-state index in [4.69, 9.17) is 11.6 Å². The van der Waals surface area contributed by atoms with Crippen LogP contribution in [0, 0.1) is 6.92 Å². The van der Waals surface area contributed by atoms with Crippen molar-refractivity contribution in [2.45, 2.75) is 6.92 Å². The molecule has 0 aliphatic rings. The Bertz CT molecular complexity index is 965. The molecule has 4 rings (SSSR count). The molecule has 4 aromatic rings. The molecule has 0 aliphatic heterocycles. The lowest BCUT2D eigenvalue weighted by Crippen LogP contribution is -1.91. The molecule has 1 aromatic carbocycles. The van der Waals surface area contributed by atoms with Gasteiger partial charge in [0.25, 0.3) is 0 Å². The van der Waals surface area contributed by atoms with Gasteiger partial charge in [0.2, 0.25) is 0 Å². The molecule has 3 heterocycles. The highest BCUT2D eigenvalue weighted by atomic mass is 35.5. The van der Waals surface area contributed by atoms with E-state index in [0.717, 1.165) is 32.9 Å². The number of aromatic nitrogens is 3. The summed E-state index contributed by atoms with van der Waals surface area (Å²) in [7, 11) is 0. The van der Waals surface area contributed by atoms with Crippen LogP contribution in [0.1, 0.15) is 5.56 Å². The molecule has 0 unspecified atom stereocenters. The van der Waals surface area contributed by atoms with E-state index in [0.29, 0.717) is 0 Å². The first-order valence-corrected chi connectivity index (χ1v) is 7.47. The maximum Gasteiger partial charge on any atom is 0.139 e. The third-order valence-corrected chi connectivity index (χ3v) is 4.15. The minimum Gasteiger partial charge on any atom is -0.346 e. The van der Waals surface area contributed by atoms with Gasteiger partial charge >= 0.3 is 0 Å². The molecule has 0 spiro atoms. The number of pyridine rings is 1. The van der Waals surface area contributed by atoms with Gasteiger partial charge in [-0.05, 0) is 48.4 Å². The van der Waals surface area contributed by atoms with Crippen molar-refractivity contribution >= 4 is 22.6 Å². The van der Waals surface area contributed by atoms with E-state index < -0.39 is 0 Å². The Labute approximate surface area is 133 Å². The zero-order valence-corrected chi connectivity index (χ0v) is 12.8. The van der Waals surface area contributed by atoms with Gasteiger partial charge in [-0.15, -0.1) is 0 Å². The van der Waals surface area contributed by atoms with Gasteiger partial charge in [-0.1, -0.05) is 17.7 Å². The molecule has 0 amide bonds. The van der Waals surface area contributed by atoms with Gasteiger partial charge in [0.15, 0.2) is 0 Å². The summed E-state index contributed by atoms with van der Waals surface area (Å²) in [5, 5.41) is 1.86. The van der Waals surface area contributed by atoms with Gasteiger partial charge in [-0.2, -0.15) is 0 Å². The molecule has 0 radical (unpaired) electrons. The number of hydrogen-bond acceptors (Lipinski definition) is 1. The van der Waals surface area contributed by atoms with Crippen LogP contribution in [-0.2, 0) is 0 Å². The van der Waals surface area contributed by atoms with Gasteiger partial charge in [0.05, 0.1) is 5.69 Å². The Balaban J connectivity index is 1.85. The predicted molar refractivity (Wildman–Crippen MR) is 90.6 cm³/mol. The van der Waals surface area contributed by atoms with E-state index in [1.165, 1.54) is 5.56 Å². The van der Waals surface area contributed by atoms with Crippen molar-refractivity contribution in [2.75, 3.05) is 0 Å². The summed E-state index contributed by atoms with van der Waals surface area (Å²) in [6.07, 6.45) is 7.92. The highest BCUT2D eigenvalue weighted by Crippen LogP contribution is 2.29.